The zero-order valence-corrected chi connectivity index (χ0v) is 14.1. The molecule has 1 unspecified atom stereocenters. The van der Waals surface area contributed by atoms with E-state index < -0.39 is 50.0 Å². The number of nitrogens with zero attached hydrogens (tertiary/aromatic N) is 2. The molecule has 140 valence electrons. The number of hydrogen-bond acceptors (Lipinski definition) is 8. The number of carbonyl (C=O) groups is 1. The van der Waals surface area contributed by atoms with E-state index in [4.69, 9.17) is 20.3 Å². The first-order valence-electron chi connectivity index (χ1n) is 7.47. The smallest absolute Gasteiger partial charge is 0.350 e. The van der Waals surface area contributed by atoms with Gasteiger partial charge in [-0.25, -0.2) is 4.98 Å². The van der Waals surface area contributed by atoms with Gasteiger partial charge in [-0.05, 0) is 13.3 Å². The Morgan fingerprint density at radius 3 is 2.84 bits per heavy atom. The number of aliphatic hydroxyl groups excluding tert-OH is 1. The normalized spacial score (nSPS) is 35.2. The summed E-state index contributed by atoms with van der Waals surface area (Å²) in [5.41, 5.74) is 4.08. The molecule has 3 rings (SSSR count). The highest BCUT2D eigenvalue weighted by atomic mass is 31.2. The van der Waals surface area contributed by atoms with Crippen molar-refractivity contribution in [3.05, 3.63) is 12.0 Å². The molecule has 0 bridgehead atoms. The SMILES string of the molecule is C[C@@]1(O)[C@H](O)[C@@H](OCP(=O)(O)O)C[C@H]1n1cnc2c1NC(N)NC2=O. The topological polar surface area (TPSA) is 192 Å². The molecular weight excluding hydrogens is 357 g/mol. The lowest BCUT2D eigenvalue weighted by atomic mass is 9.98. The van der Waals surface area contributed by atoms with Gasteiger partial charge in [-0.15, -0.1) is 0 Å². The number of amides is 1. The van der Waals surface area contributed by atoms with Crippen LogP contribution in [0.25, 0.3) is 0 Å². The second-order valence-electron chi connectivity index (χ2n) is 6.37. The summed E-state index contributed by atoms with van der Waals surface area (Å²) in [6, 6.07) is -0.758. The molecule has 25 heavy (non-hydrogen) atoms. The van der Waals surface area contributed by atoms with Gasteiger partial charge in [0.25, 0.3) is 5.91 Å². The van der Waals surface area contributed by atoms with E-state index >= 15 is 0 Å². The van der Waals surface area contributed by atoms with E-state index in [-0.39, 0.29) is 17.9 Å². The number of anilines is 1. The quantitative estimate of drug-likeness (QED) is 0.285. The minimum Gasteiger partial charge on any atom is -0.387 e. The molecule has 0 aromatic carbocycles. The summed E-state index contributed by atoms with van der Waals surface area (Å²) >= 11 is 0. The van der Waals surface area contributed by atoms with Crippen molar-refractivity contribution >= 4 is 19.3 Å². The van der Waals surface area contributed by atoms with Crippen LogP contribution in [0.1, 0.15) is 29.9 Å². The second kappa shape index (κ2) is 6.02. The predicted octanol–water partition coefficient (Wildman–Crippen LogP) is -2.14. The highest BCUT2D eigenvalue weighted by molar-refractivity contribution is 7.51. The first-order chi connectivity index (χ1) is 11.5. The summed E-state index contributed by atoms with van der Waals surface area (Å²) in [6.07, 6.45) is -2.73. The van der Waals surface area contributed by atoms with Crippen molar-refractivity contribution in [2.75, 3.05) is 11.7 Å². The summed E-state index contributed by atoms with van der Waals surface area (Å²) < 4.78 is 17.5. The van der Waals surface area contributed by atoms with Crippen molar-refractivity contribution in [3.63, 3.8) is 0 Å². The zero-order valence-electron chi connectivity index (χ0n) is 13.2. The minimum absolute atomic E-state index is 0.0511. The van der Waals surface area contributed by atoms with Crippen molar-refractivity contribution in [1.82, 2.24) is 14.9 Å². The maximum absolute atomic E-state index is 11.9. The monoisotopic (exact) mass is 377 g/mol. The minimum atomic E-state index is -4.42. The van der Waals surface area contributed by atoms with Crippen molar-refractivity contribution < 1.29 is 34.1 Å². The molecule has 0 radical (unpaired) electrons. The van der Waals surface area contributed by atoms with Gasteiger partial charge >= 0.3 is 7.60 Å². The van der Waals surface area contributed by atoms with Gasteiger partial charge in [0.1, 0.15) is 23.9 Å². The molecule has 2 heterocycles. The first-order valence-corrected chi connectivity index (χ1v) is 9.27. The van der Waals surface area contributed by atoms with E-state index in [0.29, 0.717) is 0 Å². The van der Waals surface area contributed by atoms with E-state index in [9.17, 15) is 19.6 Å². The average Bonchev–Trinajstić information content (AvgIpc) is 2.97. The van der Waals surface area contributed by atoms with Crippen LogP contribution in [-0.4, -0.2) is 65.9 Å². The molecule has 5 atom stereocenters. The Balaban J connectivity index is 1.88. The third kappa shape index (κ3) is 3.29. The maximum atomic E-state index is 11.9. The van der Waals surface area contributed by atoms with Gasteiger partial charge in [0, 0.05) is 0 Å². The van der Waals surface area contributed by atoms with E-state index in [1.807, 2.05) is 0 Å². The van der Waals surface area contributed by atoms with E-state index in [2.05, 4.69) is 15.6 Å². The van der Waals surface area contributed by atoms with Crippen LogP contribution in [0.3, 0.4) is 0 Å². The van der Waals surface area contributed by atoms with Crippen LogP contribution in [-0.2, 0) is 9.30 Å². The lowest BCUT2D eigenvalue weighted by Crippen LogP contribution is -2.51. The van der Waals surface area contributed by atoms with Crippen LogP contribution in [0.4, 0.5) is 5.82 Å². The fourth-order valence-electron chi connectivity index (χ4n) is 3.21. The molecule has 1 fully saturated rings. The van der Waals surface area contributed by atoms with Crippen molar-refractivity contribution in [3.8, 4) is 0 Å². The number of imidazole rings is 1. The van der Waals surface area contributed by atoms with Gasteiger partial charge in [-0.1, -0.05) is 0 Å². The maximum Gasteiger partial charge on any atom is 0.350 e. The van der Waals surface area contributed by atoms with Gasteiger partial charge in [0.05, 0.1) is 18.5 Å². The summed E-state index contributed by atoms with van der Waals surface area (Å²) in [5, 5.41) is 26.3. The van der Waals surface area contributed by atoms with Crippen LogP contribution in [0.15, 0.2) is 6.33 Å². The molecule has 1 aliphatic carbocycles. The Labute approximate surface area is 142 Å². The van der Waals surface area contributed by atoms with Crippen LogP contribution in [0.2, 0.25) is 0 Å². The molecule has 1 aromatic rings. The Bertz CT molecular complexity index is 731. The molecule has 0 saturated heterocycles. The Morgan fingerprint density at radius 2 is 2.20 bits per heavy atom. The van der Waals surface area contributed by atoms with Gasteiger partial charge in [-0.3, -0.25) is 15.1 Å². The van der Waals surface area contributed by atoms with Crippen molar-refractivity contribution in [1.29, 1.82) is 0 Å². The van der Waals surface area contributed by atoms with Gasteiger partial charge in [0.2, 0.25) is 0 Å². The highest BCUT2D eigenvalue weighted by Crippen LogP contribution is 2.45. The number of aliphatic hydroxyl groups is 2. The van der Waals surface area contributed by atoms with Crippen LogP contribution in [0, 0.1) is 0 Å². The largest absolute Gasteiger partial charge is 0.387 e. The van der Waals surface area contributed by atoms with E-state index in [1.165, 1.54) is 17.8 Å². The number of ether oxygens (including phenoxy) is 1. The molecule has 1 saturated carbocycles. The highest BCUT2D eigenvalue weighted by Gasteiger charge is 2.53. The fraction of sp³-hybridized carbons (Fsp3) is 0.667. The molecule has 0 spiro atoms. The fourth-order valence-corrected chi connectivity index (χ4v) is 3.59. The molecule has 1 aliphatic heterocycles. The third-order valence-electron chi connectivity index (χ3n) is 4.46. The number of fused-ring (bicyclic) bond motifs is 1. The Morgan fingerprint density at radius 1 is 1.52 bits per heavy atom. The molecule has 1 amide bonds. The van der Waals surface area contributed by atoms with Gasteiger partial charge < -0.3 is 39.9 Å². The number of nitrogens with one attached hydrogen (secondary N) is 2. The van der Waals surface area contributed by atoms with Gasteiger partial charge in [-0.2, -0.15) is 0 Å². The van der Waals surface area contributed by atoms with Gasteiger partial charge in [0.15, 0.2) is 12.0 Å². The zero-order chi connectivity index (χ0) is 18.6. The van der Waals surface area contributed by atoms with Crippen molar-refractivity contribution in [2.45, 2.75) is 43.5 Å². The molecule has 8 N–H and O–H groups in total. The molecule has 12 nitrogen and oxygen atoms in total. The Hall–Kier alpha value is -1.53. The number of nitrogens with two attached hydrogens (primary N) is 1. The number of carbonyl (C=O) groups excluding carboxylic acids is 1. The molecule has 1 aromatic heterocycles. The van der Waals surface area contributed by atoms with Crippen molar-refractivity contribution in [2.24, 2.45) is 5.73 Å². The van der Waals surface area contributed by atoms with Crippen LogP contribution >= 0.6 is 7.60 Å². The standard InChI is InChI=1S/C12H20N5O7P/c1-12(20)6(2-5(8(12)18)24-4-25(21,22)23)17-3-14-7-9(17)15-11(13)16-10(7)19/h3,5-6,8,11,15,18,20H,2,4,13H2,1H3,(H,16,19)(H2,21,22,23)/t5-,6+,8+,11?,12-/m0/s1. The molecular formula is C12H20N5O7P. The number of aromatic nitrogens is 2. The summed E-state index contributed by atoms with van der Waals surface area (Å²) in [4.78, 5) is 33.7. The van der Waals surface area contributed by atoms with E-state index in [0.717, 1.165) is 0 Å². The average molecular weight is 377 g/mol. The number of hydrogen-bond donors (Lipinski definition) is 7. The predicted molar refractivity (Wildman–Crippen MR) is 83.4 cm³/mol. The summed E-state index contributed by atoms with van der Waals surface area (Å²) in [7, 11) is -4.42. The molecule has 13 heteroatoms. The number of rotatable bonds is 4. The molecule has 2 aliphatic rings. The lowest BCUT2D eigenvalue weighted by Gasteiger charge is -2.32. The van der Waals surface area contributed by atoms with Crippen LogP contribution in [0.5, 0.6) is 0 Å². The van der Waals surface area contributed by atoms with E-state index in [1.54, 1.807) is 0 Å². The lowest BCUT2D eigenvalue weighted by molar-refractivity contribution is -0.0995. The summed E-state index contributed by atoms with van der Waals surface area (Å²) in [6.45, 7) is 1.37. The second-order valence-corrected chi connectivity index (χ2v) is 7.95. The third-order valence-corrected chi connectivity index (χ3v) is 4.95. The Kier molecular flexibility index (Phi) is 4.40. The van der Waals surface area contributed by atoms with Crippen LogP contribution < -0.4 is 16.4 Å². The summed E-state index contributed by atoms with van der Waals surface area (Å²) in [5.74, 6) is -0.197. The first kappa shape index (κ1) is 18.3.